The molecule has 1 aliphatic heterocycles. The van der Waals surface area contributed by atoms with Crippen LogP contribution < -0.4 is 10.6 Å². The molecule has 2 unspecified atom stereocenters. The average Bonchev–Trinajstić information content (AvgIpc) is 2.79. The molecular weight excluding hydrogens is 218 g/mol. The van der Waals surface area contributed by atoms with Crippen molar-refractivity contribution in [3.63, 3.8) is 0 Å². The highest BCUT2D eigenvalue weighted by Gasteiger charge is 2.53. The monoisotopic (exact) mass is 235 g/mol. The summed E-state index contributed by atoms with van der Waals surface area (Å²) in [6, 6.07) is 0.330. The second-order valence-corrected chi connectivity index (χ2v) is 4.84. The van der Waals surface area contributed by atoms with E-state index in [0.29, 0.717) is 17.9 Å². The van der Waals surface area contributed by atoms with Crippen LogP contribution >= 0.6 is 0 Å². The van der Waals surface area contributed by atoms with Gasteiger partial charge in [0.2, 0.25) is 5.82 Å². The van der Waals surface area contributed by atoms with Crippen molar-refractivity contribution < 1.29 is 4.79 Å². The van der Waals surface area contributed by atoms with Gasteiger partial charge in [-0.15, -0.1) is 5.10 Å². The van der Waals surface area contributed by atoms with Crippen LogP contribution in [0.4, 0.5) is 0 Å². The molecule has 2 fully saturated rings. The van der Waals surface area contributed by atoms with Crippen molar-refractivity contribution in [3.8, 4) is 0 Å². The number of aromatic amines is 1. The maximum Gasteiger partial charge on any atom is 0.291 e. The van der Waals surface area contributed by atoms with E-state index in [9.17, 15) is 4.79 Å². The lowest BCUT2D eigenvalue weighted by atomic mass is 10.3. The van der Waals surface area contributed by atoms with Crippen molar-refractivity contribution >= 4 is 5.91 Å². The molecule has 17 heavy (non-hydrogen) atoms. The molecular formula is C11H17N5O. The van der Waals surface area contributed by atoms with Crippen LogP contribution in [0, 0.1) is 11.8 Å². The summed E-state index contributed by atoms with van der Waals surface area (Å²) >= 11 is 0. The maximum atomic E-state index is 11.9. The molecule has 6 heteroatoms. The highest BCUT2D eigenvalue weighted by Crippen LogP contribution is 2.41. The maximum absolute atomic E-state index is 11.9. The van der Waals surface area contributed by atoms with Gasteiger partial charge in [0, 0.05) is 25.6 Å². The topological polar surface area (TPSA) is 82.7 Å². The zero-order chi connectivity index (χ0) is 11.8. The number of carbonyl (C=O) groups excluding carboxylic acids is 1. The SMILES string of the molecule is CCCc1nc(C(=O)NC2C3CNCC32)n[nH]1. The highest BCUT2D eigenvalue weighted by atomic mass is 16.2. The van der Waals surface area contributed by atoms with Gasteiger partial charge >= 0.3 is 0 Å². The van der Waals surface area contributed by atoms with Gasteiger partial charge in [0.1, 0.15) is 5.82 Å². The van der Waals surface area contributed by atoms with E-state index in [1.807, 2.05) is 0 Å². The second-order valence-electron chi connectivity index (χ2n) is 4.84. The molecule has 1 saturated heterocycles. The van der Waals surface area contributed by atoms with Gasteiger partial charge in [-0.3, -0.25) is 9.89 Å². The predicted octanol–water partition coefficient (Wildman–Crippen LogP) is -0.295. The Balaban J connectivity index is 1.58. The summed E-state index contributed by atoms with van der Waals surface area (Å²) in [4.78, 5) is 16.0. The van der Waals surface area contributed by atoms with Gasteiger partial charge < -0.3 is 10.6 Å². The first-order valence-electron chi connectivity index (χ1n) is 6.22. The van der Waals surface area contributed by atoms with Crippen LogP contribution in [-0.4, -0.2) is 40.2 Å². The number of rotatable bonds is 4. The molecule has 1 aliphatic carbocycles. The molecule has 2 atom stereocenters. The zero-order valence-corrected chi connectivity index (χ0v) is 9.86. The minimum absolute atomic E-state index is 0.150. The number of hydrogen-bond donors (Lipinski definition) is 3. The summed E-state index contributed by atoms with van der Waals surface area (Å²) in [5.41, 5.74) is 0. The fraction of sp³-hybridized carbons (Fsp3) is 0.727. The lowest BCUT2D eigenvalue weighted by Gasteiger charge is -2.04. The number of amides is 1. The number of fused-ring (bicyclic) bond motifs is 1. The summed E-state index contributed by atoms with van der Waals surface area (Å²) in [6.45, 7) is 4.11. The number of carbonyl (C=O) groups is 1. The van der Waals surface area contributed by atoms with Crippen LogP contribution in [0.15, 0.2) is 0 Å². The van der Waals surface area contributed by atoms with Crippen molar-refractivity contribution in [2.45, 2.75) is 25.8 Å². The van der Waals surface area contributed by atoms with Crippen LogP contribution in [0.25, 0.3) is 0 Å². The number of piperidine rings is 1. The Morgan fingerprint density at radius 3 is 2.94 bits per heavy atom. The molecule has 1 aromatic heterocycles. The first-order chi connectivity index (χ1) is 8.29. The second kappa shape index (κ2) is 4.10. The molecule has 0 aromatic carbocycles. The first kappa shape index (κ1) is 10.7. The molecule has 0 bridgehead atoms. The molecule has 2 heterocycles. The molecule has 3 rings (SSSR count). The minimum Gasteiger partial charge on any atom is -0.346 e. The van der Waals surface area contributed by atoms with E-state index in [0.717, 1.165) is 31.8 Å². The molecule has 1 saturated carbocycles. The van der Waals surface area contributed by atoms with Crippen molar-refractivity contribution in [2.75, 3.05) is 13.1 Å². The lowest BCUT2D eigenvalue weighted by molar-refractivity contribution is 0.0936. The van der Waals surface area contributed by atoms with Crippen LogP contribution in [0.2, 0.25) is 0 Å². The number of H-pyrrole nitrogens is 1. The predicted molar refractivity (Wildman–Crippen MR) is 61.5 cm³/mol. The van der Waals surface area contributed by atoms with Crippen LogP contribution in [0.5, 0.6) is 0 Å². The fourth-order valence-electron chi connectivity index (χ4n) is 2.59. The largest absolute Gasteiger partial charge is 0.346 e. The third-order valence-corrected chi connectivity index (χ3v) is 3.61. The quantitative estimate of drug-likeness (QED) is 0.669. The molecule has 0 spiro atoms. The van der Waals surface area contributed by atoms with E-state index in [1.165, 1.54) is 0 Å². The van der Waals surface area contributed by atoms with E-state index < -0.39 is 0 Å². The third-order valence-electron chi connectivity index (χ3n) is 3.61. The number of hydrogen-bond acceptors (Lipinski definition) is 4. The summed E-state index contributed by atoms with van der Waals surface area (Å²) < 4.78 is 0. The Kier molecular flexibility index (Phi) is 2.58. The van der Waals surface area contributed by atoms with E-state index in [-0.39, 0.29) is 11.7 Å². The Labute approximate surface area is 99.6 Å². The van der Waals surface area contributed by atoms with E-state index in [2.05, 4.69) is 32.7 Å². The van der Waals surface area contributed by atoms with Crippen molar-refractivity contribution in [2.24, 2.45) is 11.8 Å². The Hall–Kier alpha value is -1.43. The van der Waals surface area contributed by atoms with Gasteiger partial charge in [-0.05, 0) is 18.3 Å². The smallest absolute Gasteiger partial charge is 0.291 e. The lowest BCUT2D eigenvalue weighted by Crippen LogP contribution is -2.33. The van der Waals surface area contributed by atoms with Crippen LogP contribution in [0.1, 0.15) is 29.8 Å². The van der Waals surface area contributed by atoms with Crippen molar-refractivity contribution in [1.82, 2.24) is 25.8 Å². The Bertz CT molecular complexity index is 419. The van der Waals surface area contributed by atoms with Gasteiger partial charge in [0.25, 0.3) is 5.91 Å². The number of aryl methyl sites for hydroxylation is 1. The van der Waals surface area contributed by atoms with Crippen molar-refractivity contribution in [3.05, 3.63) is 11.6 Å². The molecule has 92 valence electrons. The van der Waals surface area contributed by atoms with Gasteiger partial charge in [0.05, 0.1) is 0 Å². The standard InChI is InChI=1S/C11H17N5O/c1-2-3-8-13-10(16-15-8)11(17)14-9-6-4-12-5-7(6)9/h6-7,9,12H,2-5H2,1H3,(H,14,17)(H,13,15,16). The summed E-state index contributed by atoms with van der Waals surface area (Å²) in [6.07, 6.45) is 1.83. The first-order valence-corrected chi connectivity index (χ1v) is 6.22. The van der Waals surface area contributed by atoms with Crippen molar-refractivity contribution in [1.29, 1.82) is 0 Å². The Morgan fingerprint density at radius 2 is 2.24 bits per heavy atom. The number of nitrogens with zero attached hydrogens (tertiary/aromatic N) is 2. The molecule has 6 nitrogen and oxygen atoms in total. The number of aromatic nitrogens is 3. The molecule has 1 amide bonds. The van der Waals surface area contributed by atoms with E-state index in [4.69, 9.17) is 0 Å². The van der Waals surface area contributed by atoms with E-state index >= 15 is 0 Å². The summed E-state index contributed by atoms with van der Waals surface area (Å²) in [7, 11) is 0. The van der Waals surface area contributed by atoms with Crippen LogP contribution in [0.3, 0.4) is 0 Å². The number of nitrogens with one attached hydrogen (secondary N) is 3. The fourth-order valence-corrected chi connectivity index (χ4v) is 2.59. The molecule has 1 aromatic rings. The molecule has 3 N–H and O–H groups in total. The zero-order valence-electron chi connectivity index (χ0n) is 9.86. The van der Waals surface area contributed by atoms with Gasteiger partial charge in [-0.25, -0.2) is 4.98 Å². The summed E-state index contributed by atoms with van der Waals surface area (Å²) in [5, 5.41) is 13.0. The van der Waals surface area contributed by atoms with Gasteiger partial charge in [-0.1, -0.05) is 6.92 Å². The summed E-state index contributed by atoms with van der Waals surface area (Å²) in [5.74, 6) is 2.14. The normalized spacial score (nSPS) is 30.1. The average molecular weight is 235 g/mol. The Morgan fingerprint density at radius 1 is 1.47 bits per heavy atom. The molecule has 0 radical (unpaired) electrons. The van der Waals surface area contributed by atoms with Gasteiger partial charge in [-0.2, -0.15) is 0 Å². The van der Waals surface area contributed by atoms with Gasteiger partial charge in [0.15, 0.2) is 0 Å². The van der Waals surface area contributed by atoms with E-state index in [1.54, 1.807) is 0 Å². The third kappa shape index (κ3) is 1.93. The minimum atomic E-state index is -0.150. The van der Waals surface area contributed by atoms with Crippen LogP contribution in [-0.2, 0) is 6.42 Å². The molecule has 2 aliphatic rings. The highest BCUT2D eigenvalue weighted by molar-refractivity contribution is 5.90.